The van der Waals surface area contributed by atoms with Gasteiger partial charge >= 0.3 is 11.9 Å². The molecule has 310 valence electrons. The van der Waals surface area contributed by atoms with Crippen LogP contribution in [-0.4, -0.2) is 89.0 Å². The van der Waals surface area contributed by atoms with Crippen LogP contribution in [0.2, 0.25) is 0 Å². The van der Waals surface area contributed by atoms with Crippen LogP contribution in [0.25, 0.3) is 0 Å². The van der Waals surface area contributed by atoms with Gasteiger partial charge in [-0.25, -0.2) is 0 Å². The molecule has 1 heterocycles. The Morgan fingerprint density at radius 1 is 0.623 bits per heavy atom. The molecule has 0 bridgehead atoms. The monoisotopic (exact) mass is 755 g/mol. The van der Waals surface area contributed by atoms with E-state index in [2.05, 4.69) is 25.7 Å². The van der Waals surface area contributed by atoms with Crippen molar-refractivity contribution in [1.29, 1.82) is 0 Å². The van der Waals surface area contributed by atoms with Gasteiger partial charge in [0, 0.05) is 12.8 Å². The summed E-state index contributed by atoms with van der Waals surface area (Å²) in [7, 11) is 0. The van der Waals surface area contributed by atoms with Crippen molar-refractivity contribution in [3.8, 4) is 0 Å². The van der Waals surface area contributed by atoms with E-state index in [-0.39, 0.29) is 26.1 Å². The molecular formula is C43H78O10. The zero-order chi connectivity index (χ0) is 38.8. The van der Waals surface area contributed by atoms with E-state index < -0.39 is 55.4 Å². The van der Waals surface area contributed by atoms with Crippen molar-refractivity contribution in [2.24, 2.45) is 0 Å². The maximum absolute atomic E-state index is 12.7. The number of carbonyl (C=O) groups is 2. The molecule has 4 N–H and O–H groups in total. The fourth-order valence-corrected chi connectivity index (χ4v) is 6.52. The quantitative estimate of drug-likeness (QED) is 0.0278. The molecule has 53 heavy (non-hydrogen) atoms. The maximum Gasteiger partial charge on any atom is 0.306 e. The van der Waals surface area contributed by atoms with Crippen LogP contribution in [0.5, 0.6) is 0 Å². The molecule has 0 aromatic carbocycles. The van der Waals surface area contributed by atoms with Gasteiger partial charge in [0.15, 0.2) is 12.4 Å². The standard InChI is InChI=1S/C43H78O10/c1-3-5-7-9-11-13-15-17-18-20-22-24-26-28-30-32-39(46)52-36(35-51-43-42(49)41(48)40(47)37(33-44)53-43)34-50-38(45)31-29-27-25-23-21-19-16-14-12-10-8-6-4-2/h3,19,21,36-37,40-44,47-49H,1,4-18,20,22-35H2,2H3/b21-19+/t36-,37-,40+,41?,42?,43-/m1/s1. The molecule has 10 heteroatoms. The van der Waals surface area contributed by atoms with Crippen LogP contribution >= 0.6 is 0 Å². The van der Waals surface area contributed by atoms with Gasteiger partial charge in [-0.1, -0.05) is 134 Å². The lowest BCUT2D eigenvalue weighted by molar-refractivity contribution is -0.305. The molecule has 10 nitrogen and oxygen atoms in total. The Kier molecular flexibility index (Phi) is 32.2. The fraction of sp³-hybridized carbons (Fsp3) is 0.860. The third kappa shape index (κ3) is 26.6. The Labute approximate surface area is 322 Å². The summed E-state index contributed by atoms with van der Waals surface area (Å²) in [5.74, 6) is -0.825. The van der Waals surface area contributed by atoms with Gasteiger partial charge in [-0.05, 0) is 51.4 Å². The van der Waals surface area contributed by atoms with Gasteiger partial charge < -0.3 is 39.4 Å². The Bertz CT molecular complexity index is 910. The van der Waals surface area contributed by atoms with Gasteiger partial charge in [-0.2, -0.15) is 0 Å². The third-order valence-corrected chi connectivity index (χ3v) is 9.96. The van der Waals surface area contributed by atoms with Crippen LogP contribution in [0.15, 0.2) is 24.8 Å². The van der Waals surface area contributed by atoms with Crippen molar-refractivity contribution >= 4 is 11.9 Å². The Hall–Kier alpha value is -1.82. The van der Waals surface area contributed by atoms with E-state index in [4.69, 9.17) is 18.9 Å². The highest BCUT2D eigenvalue weighted by molar-refractivity contribution is 5.70. The van der Waals surface area contributed by atoms with Crippen LogP contribution in [0.3, 0.4) is 0 Å². The zero-order valence-electron chi connectivity index (χ0n) is 33.4. The van der Waals surface area contributed by atoms with E-state index in [1.54, 1.807) is 0 Å². The molecule has 0 saturated carbocycles. The summed E-state index contributed by atoms with van der Waals surface area (Å²) >= 11 is 0. The first kappa shape index (κ1) is 49.2. The zero-order valence-corrected chi connectivity index (χ0v) is 33.4. The smallest absolute Gasteiger partial charge is 0.306 e. The number of unbranched alkanes of at least 4 members (excludes halogenated alkanes) is 22. The van der Waals surface area contributed by atoms with E-state index in [1.165, 1.54) is 96.3 Å². The highest BCUT2D eigenvalue weighted by Gasteiger charge is 2.44. The lowest BCUT2D eigenvalue weighted by Gasteiger charge is -2.39. The summed E-state index contributed by atoms with van der Waals surface area (Å²) in [6, 6.07) is 0. The second kappa shape index (κ2) is 34.7. The molecule has 0 aromatic rings. The number of carbonyl (C=O) groups excluding carboxylic acids is 2. The Morgan fingerprint density at radius 2 is 1.09 bits per heavy atom. The van der Waals surface area contributed by atoms with Gasteiger partial charge in [0.25, 0.3) is 0 Å². The van der Waals surface area contributed by atoms with E-state index in [0.717, 1.165) is 51.4 Å². The SMILES string of the molecule is C=CCCCCCCCCCCCCCCCC(=O)O[C@H](COC(=O)CCCCC/C=C/CCCCCCCC)CO[C@@H]1O[C@H](CO)[C@H](O)C(O)C1O. The number of aliphatic hydroxyl groups is 4. The molecule has 1 saturated heterocycles. The molecule has 1 aliphatic rings. The van der Waals surface area contributed by atoms with Crippen molar-refractivity contribution < 1.29 is 49.0 Å². The molecule has 0 aromatic heterocycles. The Morgan fingerprint density at radius 3 is 1.62 bits per heavy atom. The summed E-state index contributed by atoms with van der Waals surface area (Å²) in [6.45, 7) is 4.92. The third-order valence-electron chi connectivity index (χ3n) is 9.96. The topological polar surface area (TPSA) is 152 Å². The Balaban J connectivity index is 2.35. The van der Waals surface area contributed by atoms with Gasteiger partial charge in [0.05, 0.1) is 13.2 Å². The molecule has 0 spiro atoms. The van der Waals surface area contributed by atoms with Crippen LogP contribution in [0, 0.1) is 0 Å². The minimum absolute atomic E-state index is 0.224. The molecule has 1 rings (SSSR count). The molecule has 1 aliphatic heterocycles. The summed E-state index contributed by atoms with van der Waals surface area (Å²) in [6.07, 6.45) is 27.9. The van der Waals surface area contributed by atoms with Crippen molar-refractivity contribution in [3.63, 3.8) is 0 Å². The summed E-state index contributed by atoms with van der Waals surface area (Å²) in [4.78, 5) is 25.2. The average molecular weight is 755 g/mol. The van der Waals surface area contributed by atoms with E-state index in [1.807, 2.05) is 6.08 Å². The normalized spacial score (nSPS) is 20.8. The minimum Gasteiger partial charge on any atom is -0.462 e. The number of rotatable bonds is 36. The number of aliphatic hydroxyl groups excluding tert-OH is 4. The molecule has 0 radical (unpaired) electrons. The number of allylic oxidation sites excluding steroid dienone is 3. The molecule has 6 atom stereocenters. The molecule has 0 amide bonds. The fourth-order valence-electron chi connectivity index (χ4n) is 6.52. The summed E-state index contributed by atoms with van der Waals surface area (Å²) in [5, 5.41) is 40.0. The molecule has 1 fully saturated rings. The molecule has 2 unspecified atom stereocenters. The molecular weight excluding hydrogens is 676 g/mol. The second-order valence-corrected chi connectivity index (χ2v) is 14.9. The summed E-state index contributed by atoms with van der Waals surface area (Å²) < 4.78 is 22.1. The number of hydrogen-bond donors (Lipinski definition) is 4. The van der Waals surface area contributed by atoms with Gasteiger partial charge in [-0.15, -0.1) is 6.58 Å². The molecule has 0 aliphatic carbocycles. The van der Waals surface area contributed by atoms with Gasteiger partial charge in [0.2, 0.25) is 0 Å². The first-order chi connectivity index (χ1) is 25.8. The van der Waals surface area contributed by atoms with E-state index >= 15 is 0 Å². The van der Waals surface area contributed by atoms with E-state index in [9.17, 15) is 30.0 Å². The van der Waals surface area contributed by atoms with Crippen LogP contribution in [0.1, 0.15) is 180 Å². The van der Waals surface area contributed by atoms with Crippen LogP contribution in [0.4, 0.5) is 0 Å². The van der Waals surface area contributed by atoms with Crippen molar-refractivity contribution in [2.75, 3.05) is 19.8 Å². The largest absolute Gasteiger partial charge is 0.462 e. The highest BCUT2D eigenvalue weighted by atomic mass is 16.7. The van der Waals surface area contributed by atoms with Crippen LogP contribution in [-0.2, 0) is 28.5 Å². The van der Waals surface area contributed by atoms with Crippen molar-refractivity contribution in [1.82, 2.24) is 0 Å². The number of hydrogen-bond acceptors (Lipinski definition) is 10. The number of esters is 2. The van der Waals surface area contributed by atoms with Crippen LogP contribution < -0.4 is 0 Å². The van der Waals surface area contributed by atoms with Crippen molar-refractivity contribution in [2.45, 2.75) is 217 Å². The highest BCUT2D eigenvalue weighted by Crippen LogP contribution is 2.22. The van der Waals surface area contributed by atoms with Gasteiger partial charge in [0.1, 0.15) is 31.0 Å². The predicted molar refractivity (Wildman–Crippen MR) is 210 cm³/mol. The van der Waals surface area contributed by atoms with Crippen molar-refractivity contribution in [3.05, 3.63) is 24.8 Å². The first-order valence-electron chi connectivity index (χ1n) is 21.4. The summed E-state index contributed by atoms with van der Waals surface area (Å²) in [5.41, 5.74) is 0. The lowest BCUT2D eigenvalue weighted by atomic mass is 9.99. The lowest BCUT2D eigenvalue weighted by Crippen LogP contribution is -2.59. The second-order valence-electron chi connectivity index (χ2n) is 14.9. The first-order valence-corrected chi connectivity index (χ1v) is 21.4. The maximum atomic E-state index is 12.7. The number of ether oxygens (including phenoxy) is 4. The predicted octanol–water partition coefficient (Wildman–Crippen LogP) is 8.55. The average Bonchev–Trinajstić information content (AvgIpc) is 3.15. The van der Waals surface area contributed by atoms with E-state index in [0.29, 0.717) is 12.8 Å². The minimum atomic E-state index is -1.59. The van der Waals surface area contributed by atoms with Gasteiger partial charge in [-0.3, -0.25) is 9.59 Å².